The molecule has 1 heterocycles. The Bertz CT molecular complexity index is 879. The molecule has 4 heteroatoms. The summed E-state index contributed by atoms with van der Waals surface area (Å²) in [5.74, 6) is 0. The lowest BCUT2D eigenvalue weighted by Gasteiger charge is -1.98. The summed E-state index contributed by atoms with van der Waals surface area (Å²) < 4.78 is 0. The average Bonchev–Trinajstić information content (AvgIpc) is 2.72. The minimum absolute atomic E-state index is 0.651. The van der Waals surface area contributed by atoms with Crippen molar-refractivity contribution in [1.29, 1.82) is 0 Å². The summed E-state index contributed by atoms with van der Waals surface area (Å²) >= 11 is 0. The number of nitrogens with zero attached hydrogens (tertiary/aromatic N) is 2. The SMILES string of the molecule is O=Cc1ccc(/C=C/c2cc(/C=C/c3ccc(C=O)cc3)ncn2)cc1. The number of hydrogen-bond acceptors (Lipinski definition) is 4. The minimum atomic E-state index is 0.651. The minimum Gasteiger partial charge on any atom is -0.298 e. The standard InChI is InChI=1S/C22H16N2O2/c25-14-19-5-1-17(2-6-19)9-11-21-13-22(24-16-23-21)12-10-18-3-7-20(15-26)8-4-18/h1-16H/b11-9+,12-10+. The van der Waals surface area contributed by atoms with Crippen LogP contribution < -0.4 is 0 Å². The van der Waals surface area contributed by atoms with Gasteiger partial charge in [0, 0.05) is 11.1 Å². The molecule has 0 aliphatic rings. The summed E-state index contributed by atoms with van der Waals surface area (Å²) in [5, 5.41) is 0. The van der Waals surface area contributed by atoms with E-state index in [0.29, 0.717) is 11.1 Å². The van der Waals surface area contributed by atoms with E-state index in [1.807, 2.05) is 54.6 Å². The molecule has 0 aliphatic heterocycles. The summed E-state index contributed by atoms with van der Waals surface area (Å²) in [6, 6.07) is 16.5. The number of carbonyl (C=O) groups is 2. The molecule has 1 aromatic heterocycles. The molecule has 0 radical (unpaired) electrons. The topological polar surface area (TPSA) is 59.9 Å². The van der Waals surface area contributed by atoms with Crippen molar-refractivity contribution in [3.05, 3.63) is 94.6 Å². The van der Waals surface area contributed by atoms with Crippen LogP contribution in [0.1, 0.15) is 43.2 Å². The van der Waals surface area contributed by atoms with Crippen molar-refractivity contribution in [1.82, 2.24) is 9.97 Å². The van der Waals surface area contributed by atoms with Crippen LogP contribution in [-0.4, -0.2) is 22.5 Å². The Morgan fingerprint density at radius 3 is 1.31 bits per heavy atom. The van der Waals surface area contributed by atoms with E-state index in [0.717, 1.165) is 35.1 Å². The van der Waals surface area contributed by atoms with Gasteiger partial charge < -0.3 is 0 Å². The monoisotopic (exact) mass is 340 g/mol. The van der Waals surface area contributed by atoms with Crippen LogP contribution >= 0.6 is 0 Å². The predicted octanol–water partition coefficient (Wildman–Crippen LogP) is 4.44. The molecule has 3 rings (SSSR count). The zero-order valence-electron chi connectivity index (χ0n) is 13.9. The number of aromatic nitrogens is 2. The lowest BCUT2D eigenvalue weighted by Crippen LogP contribution is -1.87. The molecule has 2 aromatic carbocycles. The van der Waals surface area contributed by atoms with Gasteiger partial charge in [-0.2, -0.15) is 0 Å². The van der Waals surface area contributed by atoms with Gasteiger partial charge in [-0.15, -0.1) is 0 Å². The molecule has 126 valence electrons. The average molecular weight is 340 g/mol. The Labute approximate surface area is 151 Å². The molecule has 0 bridgehead atoms. The third kappa shape index (κ3) is 4.68. The molecule has 0 saturated heterocycles. The fourth-order valence-corrected chi connectivity index (χ4v) is 2.31. The van der Waals surface area contributed by atoms with Gasteiger partial charge in [0.05, 0.1) is 11.4 Å². The largest absolute Gasteiger partial charge is 0.298 e. The van der Waals surface area contributed by atoms with Crippen LogP contribution in [0.4, 0.5) is 0 Å². The van der Waals surface area contributed by atoms with E-state index in [4.69, 9.17) is 0 Å². The summed E-state index contributed by atoms with van der Waals surface area (Å²) in [5.41, 5.74) is 4.85. The van der Waals surface area contributed by atoms with Crippen LogP contribution in [0.3, 0.4) is 0 Å². The molecule has 0 amide bonds. The molecule has 0 saturated carbocycles. The number of hydrogen-bond donors (Lipinski definition) is 0. The van der Waals surface area contributed by atoms with E-state index in [2.05, 4.69) is 9.97 Å². The zero-order valence-corrected chi connectivity index (χ0v) is 13.9. The van der Waals surface area contributed by atoms with Gasteiger partial charge in [-0.05, 0) is 29.3 Å². The van der Waals surface area contributed by atoms with Gasteiger partial charge in [-0.25, -0.2) is 9.97 Å². The van der Waals surface area contributed by atoms with Crippen LogP contribution in [0.5, 0.6) is 0 Å². The van der Waals surface area contributed by atoms with E-state index >= 15 is 0 Å². The van der Waals surface area contributed by atoms with Gasteiger partial charge >= 0.3 is 0 Å². The highest BCUT2D eigenvalue weighted by atomic mass is 16.1. The first-order chi connectivity index (χ1) is 12.8. The highest BCUT2D eigenvalue weighted by Crippen LogP contribution is 2.11. The Morgan fingerprint density at radius 1 is 0.538 bits per heavy atom. The van der Waals surface area contributed by atoms with Crippen molar-refractivity contribution in [2.45, 2.75) is 0 Å². The van der Waals surface area contributed by atoms with Crippen LogP contribution in [0.15, 0.2) is 60.9 Å². The number of carbonyl (C=O) groups excluding carboxylic acids is 2. The van der Waals surface area contributed by atoms with Gasteiger partial charge in [0.2, 0.25) is 0 Å². The number of benzene rings is 2. The van der Waals surface area contributed by atoms with E-state index in [1.54, 1.807) is 24.3 Å². The molecular formula is C22H16N2O2. The molecule has 0 aliphatic carbocycles. The highest BCUT2D eigenvalue weighted by Gasteiger charge is 1.95. The van der Waals surface area contributed by atoms with Crippen molar-refractivity contribution < 1.29 is 9.59 Å². The summed E-state index contributed by atoms with van der Waals surface area (Å²) in [6.07, 6.45) is 10.8. The summed E-state index contributed by atoms with van der Waals surface area (Å²) in [4.78, 5) is 29.8. The van der Waals surface area contributed by atoms with E-state index in [9.17, 15) is 9.59 Å². The Morgan fingerprint density at radius 2 is 0.923 bits per heavy atom. The molecule has 0 fully saturated rings. The van der Waals surface area contributed by atoms with Crippen molar-refractivity contribution in [3.8, 4) is 0 Å². The van der Waals surface area contributed by atoms with E-state index in [1.165, 1.54) is 6.33 Å². The third-order valence-electron chi connectivity index (χ3n) is 3.75. The smallest absolute Gasteiger partial charge is 0.150 e. The van der Waals surface area contributed by atoms with Gasteiger partial charge in [-0.1, -0.05) is 60.7 Å². The summed E-state index contributed by atoms with van der Waals surface area (Å²) in [7, 11) is 0. The van der Waals surface area contributed by atoms with Gasteiger partial charge in [0.25, 0.3) is 0 Å². The molecule has 0 atom stereocenters. The lowest BCUT2D eigenvalue weighted by atomic mass is 10.1. The van der Waals surface area contributed by atoms with Gasteiger partial charge in [0.15, 0.2) is 0 Å². The first-order valence-electron chi connectivity index (χ1n) is 8.05. The predicted molar refractivity (Wildman–Crippen MR) is 104 cm³/mol. The number of rotatable bonds is 6. The van der Waals surface area contributed by atoms with E-state index in [-0.39, 0.29) is 0 Å². The van der Waals surface area contributed by atoms with Crippen molar-refractivity contribution in [2.75, 3.05) is 0 Å². The third-order valence-corrected chi connectivity index (χ3v) is 3.75. The fraction of sp³-hybridized carbons (Fsp3) is 0. The maximum Gasteiger partial charge on any atom is 0.150 e. The van der Waals surface area contributed by atoms with Crippen LogP contribution in [-0.2, 0) is 0 Å². The molecule has 26 heavy (non-hydrogen) atoms. The number of aldehydes is 2. The second-order valence-corrected chi connectivity index (χ2v) is 5.60. The second kappa shape index (κ2) is 8.44. The van der Waals surface area contributed by atoms with Crippen LogP contribution in [0.25, 0.3) is 24.3 Å². The normalized spacial score (nSPS) is 11.1. The maximum absolute atomic E-state index is 10.7. The molecule has 0 spiro atoms. The maximum atomic E-state index is 10.7. The second-order valence-electron chi connectivity index (χ2n) is 5.60. The first kappa shape index (κ1) is 17.2. The quantitative estimate of drug-likeness (QED) is 0.622. The van der Waals surface area contributed by atoms with Crippen molar-refractivity contribution in [2.24, 2.45) is 0 Å². The lowest BCUT2D eigenvalue weighted by molar-refractivity contribution is 0.111. The fourth-order valence-electron chi connectivity index (χ4n) is 2.31. The first-order valence-corrected chi connectivity index (χ1v) is 8.05. The molecule has 4 nitrogen and oxygen atoms in total. The Kier molecular flexibility index (Phi) is 5.58. The molecule has 0 unspecified atom stereocenters. The summed E-state index contributed by atoms with van der Waals surface area (Å²) in [6.45, 7) is 0. The highest BCUT2D eigenvalue weighted by molar-refractivity contribution is 5.77. The molecule has 3 aromatic rings. The molecular weight excluding hydrogens is 324 g/mol. The zero-order chi connectivity index (χ0) is 18.2. The van der Waals surface area contributed by atoms with Gasteiger partial charge in [0.1, 0.15) is 18.9 Å². The van der Waals surface area contributed by atoms with Crippen molar-refractivity contribution in [3.63, 3.8) is 0 Å². The van der Waals surface area contributed by atoms with Gasteiger partial charge in [-0.3, -0.25) is 9.59 Å². The molecule has 0 N–H and O–H groups in total. The van der Waals surface area contributed by atoms with Crippen LogP contribution in [0.2, 0.25) is 0 Å². The Balaban J connectivity index is 1.72. The van der Waals surface area contributed by atoms with Crippen molar-refractivity contribution >= 4 is 36.9 Å². The van der Waals surface area contributed by atoms with Crippen LogP contribution in [0, 0.1) is 0 Å². The Hall–Kier alpha value is -3.66. The van der Waals surface area contributed by atoms with E-state index < -0.39 is 0 Å².